The van der Waals surface area contributed by atoms with Gasteiger partial charge in [-0.3, -0.25) is 0 Å². The van der Waals surface area contributed by atoms with Gasteiger partial charge in [0.15, 0.2) is 0 Å². The Morgan fingerprint density at radius 3 is 1.16 bits per heavy atom. The van der Waals surface area contributed by atoms with Crippen LogP contribution in [0.3, 0.4) is 0 Å². The van der Waals surface area contributed by atoms with Crippen LogP contribution in [0.15, 0.2) is 249 Å². The second-order valence-corrected chi connectivity index (χ2v) is 18.9. The lowest BCUT2D eigenvalue weighted by atomic mass is 9.82. The molecule has 11 aromatic rings. The maximum absolute atomic E-state index is 2.41. The topological polar surface area (TPSA) is 9.72 Å². The van der Waals surface area contributed by atoms with E-state index in [1.807, 2.05) is 11.3 Å². The fourth-order valence-electron chi connectivity index (χ4n) is 10.2. The Hall–Kier alpha value is -8.18. The smallest absolute Gasteiger partial charge is 0.0482 e. The van der Waals surface area contributed by atoms with Gasteiger partial charge in [0.25, 0.3) is 0 Å². The average Bonchev–Trinajstić information content (AvgIpc) is 3.86. The maximum Gasteiger partial charge on any atom is 0.0482 e. The molecule has 67 heavy (non-hydrogen) atoms. The Bertz CT molecular complexity index is 3510. The van der Waals surface area contributed by atoms with E-state index in [1.54, 1.807) is 0 Å². The van der Waals surface area contributed by atoms with Crippen molar-refractivity contribution in [3.05, 3.63) is 260 Å². The second kappa shape index (κ2) is 16.7. The third-order valence-electron chi connectivity index (χ3n) is 13.4. The monoisotopic (exact) mass is 877 g/mol. The van der Waals surface area contributed by atoms with Crippen LogP contribution in [-0.4, -0.2) is 0 Å². The minimum absolute atomic E-state index is 0.181. The highest BCUT2D eigenvalue weighted by molar-refractivity contribution is 7.25. The third-order valence-corrected chi connectivity index (χ3v) is 14.6. The number of thiophene rings is 1. The first-order valence-corrected chi connectivity index (χ1v) is 23.8. The van der Waals surface area contributed by atoms with E-state index in [9.17, 15) is 0 Å². The molecule has 3 nitrogen and oxygen atoms in total. The molecule has 0 atom stereocenters. The van der Waals surface area contributed by atoms with E-state index in [4.69, 9.17) is 0 Å². The van der Waals surface area contributed by atoms with Crippen molar-refractivity contribution in [2.45, 2.75) is 19.3 Å². The first-order valence-electron chi connectivity index (χ1n) is 23.0. The standard InChI is InChI=1S/C63H47N3S/c1-63(2)59-37-35-53(65(48-22-11-5-12-23-48)50-33-30-44(31-34-50)45-32-39-62-58(40-45)55-28-15-16-29-61(55)67-62)42-56(59)57-43-54(36-38-60(57)63)66(49-24-13-6-14-25-49)52-27-17-26-51(41-52)64(46-18-7-3-8-19-46)47-20-9-4-10-21-47/h3-43H,1-2H3. The van der Waals surface area contributed by atoms with Gasteiger partial charge in [-0.05, 0) is 155 Å². The summed E-state index contributed by atoms with van der Waals surface area (Å²) in [4.78, 5) is 7.11. The van der Waals surface area contributed by atoms with Gasteiger partial charge in [0.2, 0.25) is 0 Å². The van der Waals surface area contributed by atoms with Gasteiger partial charge in [-0.15, -0.1) is 11.3 Å². The van der Waals surface area contributed by atoms with Gasteiger partial charge in [-0.1, -0.05) is 141 Å². The fourth-order valence-corrected chi connectivity index (χ4v) is 11.2. The molecule has 0 aliphatic heterocycles. The van der Waals surface area contributed by atoms with Crippen LogP contribution in [0.1, 0.15) is 25.0 Å². The highest BCUT2D eigenvalue weighted by Gasteiger charge is 2.36. The first kappa shape index (κ1) is 40.3. The summed E-state index contributed by atoms with van der Waals surface area (Å²) in [5.74, 6) is 0. The van der Waals surface area contributed by atoms with Crippen LogP contribution in [-0.2, 0) is 5.41 Å². The number of para-hydroxylation sites is 4. The zero-order valence-electron chi connectivity index (χ0n) is 37.4. The molecule has 12 rings (SSSR count). The molecule has 320 valence electrons. The van der Waals surface area contributed by atoms with Crippen molar-refractivity contribution < 1.29 is 0 Å². The van der Waals surface area contributed by atoms with Crippen LogP contribution in [0.25, 0.3) is 42.4 Å². The van der Waals surface area contributed by atoms with Gasteiger partial charge in [0.1, 0.15) is 0 Å². The molecular weight excluding hydrogens is 831 g/mol. The van der Waals surface area contributed by atoms with Gasteiger partial charge in [-0.2, -0.15) is 0 Å². The molecule has 4 heteroatoms. The van der Waals surface area contributed by atoms with Crippen molar-refractivity contribution in [2.75, 3.05) is 14.7 Å². The Morgan fingerprint density at radius 1 is 0.284 bits per heavy atom. The fraction of sp³-hybridized carbons (Fsp3) is 0.0476. The number of hydrogen-bond acceptors (Lipinski definition) is 4. The first-order chi connectivity index (χ1) is 33.0. The molecule has 1 aromatic heterocycles. The summed E-state index contributed by atoms with van der Waals surface area (Å²) in [7, 11) is 0. The molecule has 0 radical (unpaired) electrons. The van der Waals surface area contributed by atoms with Gasteiger partial charge in [-0.25, -0.2) is 0 Å². The lowest BCUT2D eigenvalue weighted by molar-refractivity contribution is 0.660. The van der Waals surface area contributed by atoms with Crippen molar-refractivity contribution in [2.24, 2.45) is 0 Å². The molecule has 0 bridgehead atoms. The van der Waals surface area contributed by atoms with Crippen LogP contribution in [0, 0.1) is 0 Å². The summed E-state index contributed by atoms with van der Waals surface area (Å²) in [5.41, 5.74) is 17.3. The van der Waals surface area contributed by atoms with Crippen molar-refractivity contribution in [3.63, 3.8) is 0 Å². The van der Waals surface area contributed by atoms with E-state index < -0.39 is 0 Å². The highest BCUT2D eigenvalue weighted by atomic mass is 32.1. The highest BCUT2D eigenvalue weighted by Crippen LogP contribution is 2.53. The molecule has 0 amide bonds. The Kier molecular flexibility index (Phi) is 10.0. The predicted octanol–water partition coefficient (Wildman–Crippen LogP) is 18.4. The molecule has 0 N–H and O–H groups in total. The molecule has 1 heterocycles. The lowest BCUT2D eigenvalue weighted by Crippen LogP contribution is -2.16. The molecule has 0 saturated carbocycles. The zero-order valence-corrected chi connectivity index (χ0v) is 38.2. The van der Waals surface area contributed by atoms with E-state index >= 15 is 0 Å². The molecule has 0 fully saturated rings. The third kappa shape index (κ3) is 7.23. The van der Waals surface area contributed by atoms with Crippen molar-refractivity contribution in [1.29, 1.82) is 0 Å². The van der Waals surface area contributed by atoms with E-state index in [0.29, 0.717) is 0 Å². The number of nitrogens with zero attached hydrogens (tertiary/aromatic N) is 3. The van der Waals surface area contributed by atoms with Crippen LogP contribution in [0.2, 0.25) is 0 Å². The summed E-state index contributed by atoms with van der Waals surface area (Å²) in [6, 6.07) is 90.4. The van der Waals surface area contributed by atoms with Gasteiger partial charge >= 0.3 is 0 Å². The molecule has 10 aromatic carbocycles. The molecule has 1 aliphatic rings. The van der Waals surface area contributed by atoms with Crippen LogP contribution in [0.4, 0.5) is 51.2 Å². The maximum atomic E-state index is 2.41. The van der Waals surface area contributed by atoms with Crippen molar-refractivity contribution in [3.8, 4) is 22.3 Å². The number of benzene rings is 10. The van der Waals surface area contributed by atoms with Crippen LogP contribution in [0.5, 0.6) is 0 Å². The molecule has 1 aliphatic carbocycles. The minimum Gasteiger partial charge on any atom is -0.310 e. The Labute approximate surface area is 396 Å². The normalized spacial score (nSPS) is 12.4. The Balaban J connectivity index is 0.948. The summed E-state index contributed by atoms with van der Waals surface area (Å²) in [6.45, 7) is 4.72. The van der Waals surface area contributed by atoms with Crippen molar-refractivity contribution in [1.82, 2.24) is 0 Å². The summed E-state index contributed by atoms with van der Waals surface area (Å²) in [5, 5.41) is 2.64. The SMILES string of the molecule is CC1(C)c2ccc(N(c3ccccc3)c3ccc(-c4ccc5sc6ccccc6c5c4)cc3)cc2-c2cc(N(c3ccccc3)c3cccc(N(c4ccccc4)c4ccccc4)c3)ccc21. The molecular formula is C63H47N3S. The van der Waals surface area contributed by atoms with E-state index in [-0.39, 0.29) is 5.41 Å². The average molecular weight is 878 g/mol. The predicted molar refractivity (Wildman–Crippen MR) is 286 cm³/mol. The van der Waals surface area contributed by atoms with Crippen LogP contribution >= 0.6 is 11.3 Å². The molecule has 0 spiro atoms. The number of anilines is 9. The van der Waals surface area contributed by atoms with Gasteiger partial charge in [0.05, 0.1) is 0 Å². The van der Waals surface area contributed by atoms with Crippen molar-refractivity contribution >= 4 is 82.7 Å². The Morgan fingerprint density at radius 2 is 0.657 bits per heavy atom. The van der Waals surface area contributed by atoms with E-state index in [2.05, 4.69) is 277 Å². The lowest BCUT2D eigenvalue weighted by Gasteiger charge is -2.30. The number of hydrogen-bond donors (Lipinski definition) is 0. The van der Waals surface area contributed by atoms with Gasteiger partial charge in [0, 0.05) is 76.8 Å². The van der Waals surface area contributed by atoms with Gasteiger partial charge < -0.3 is 14.7 Å². The van der Waals surface area contributed by atoms with E-state index in [0.717, 1.165) is 51.2 Å². The second-order valence-electron chi connectivity index (χ2n) is 17.8. The largest absolute Gasteiger partial charge is 0.310 e. The zero-order chi connectivity index (χ0) is 44.9. The van der Waals surface area contributed by atoms with Crippen LogP contribution < -0.4 is 14.7 Å². The molecule has 0 saturated heterocycles. The minimum atomic E-state index is -0.181. The van der Waals surface area contributed by atoms with E-state index in [1.165, 1.54) is 53.6 Å². The quantitative estimate of drug-likeness (QED) is 0.136. The molecule has 0 unspecified atom stereocenters. The summed E-state index contributed by atoms with van der Waals surface area (Å²) >= 11 is 1.86. The summed E-state index contributed by atoms with van der Waals surface area (Å²) < 4.78 is 2.65. The summed E-state index contributed by atoms with van der Waals surface area (Å²) in [6.07, 6.45) is 0. The number of rotatable bonds is 10. The number of fused-ring (bicyclic) bond motifs is 6.